The van der Waals surface area contributed by atoms with Gasteiger partial charge in [0.15, 0.2) is 0 Å². The molecule has 2 heterocycles. The van der Waals surface area contributed by atoms with E-state index < -0.39 is 5.41 Å². The number of aliphatic hydroxyl groups is 1. The van der Waals surface area contributed by atoms with Crippen molar-refractivity contribution in [3.05, 3.63) is 47.4 Å². The predicted octanol–water partition coefficient (Wildman–Crippen LogP) is 3.18. The molecule has 3 rings (SSSR count). The molecule has 6 heteroatoms. The number of likely N-dealkylation sites (N-methyl/N-ethyl adjacent to an activating group) is 1. The maximum Gasteiger partial charge on any atom is 0.229 e. The summed E-state index contributed by atoms with van der Waals surface area (Å²) in [6.45, 7) is 6.49. The molecule has 0 saturated carbocycles. The van der Waals surface area contributed by atoms with Crippen molar-refractivity contribution in [2.45, 2.75) is 45.1 Å². The summed E-state index contributed by atoms with van der Waals surface area (Å²) in [6.07, 6.45) is 3.67. The van der Waals surface area contributed by atoms with Crippen LogP contribution in [0.4, 0.5) is 10.2 Å². The molecule has 1 aliphatic heterocycles. The summed E-state index contributed by atoms with van der Waals surface area (Å²) < 4.78 is 13.7. The number of nitrogens with one attached hydrogen (secondary N) is 1. The minimum absolute atomic E-state index is 0.0486. The first-order chi connectivity index (χ1) is 13.3. The van der Waals surface area contributed by atoms with E-state index in [0.717, 1.165) is 47.5 Å². The van der Waals surface area contributed by atoms with Crippen LogP contribution in [0.25, 0.3) is 11.1 Å². The molecule has 28 heavy (non-hydrogen) atoms. The fraction of sp³-hybridized carbons (Fsp3) is 0.455. The molecule has 2 N–H and O–H groups in total. The first-order valence-electron chi connectivity index (χ1n) is 9.66. The van der Waals surface area contributed by atoms with E-state index in [9.17, 15) is 14.3 Å². The molecule has 0 aliphatic carbocycles. The van der Waals surface area contributed by atoms with E-state index in [0.29, 0.717) is 0 Å². The molecule has 5 nitrogen and oxygen atoms in total. The first kappa shape index (κ1) is 20.3. The number of halogens is 1. The number of hydrogen-bond acceptors (Lipinski definition) is 4. The maximum atomic E-state index is 13.7. The van der Waals surface area contributed by atoms with Crippen molar-refractivity contribution in [1.29, 1.82) is 0 Å². The Labute approximate surface area is 165 Å². The van der Waals surface area contributed by atoms with Gasteiger partial charge in [0.1, 0.15) is 11.6 Å². The number of anilines is 1. The number of aromatic nitrogens is 1. The molecule has 1 atom stereocenters. The maximum absolute atomic E-state index is 13.7. The molecule has 150 valence electrons. The van der Waals surface area contributed by atoms with Crippen LogP contribution in [0.15, 0.2) is 30.5 Å². The fourth-order valence-electron chi connectivity index (χ4n) is 4.01. The number of rotatable bonds is 5. The number of pyridine rings is 1. The number of benzene rings is 1. The second-order valence-corrected chi connectivity index (χ2v) is 7.92. The van der Waals surface area contributed by atoms with Gasteiger partial charge in [-0.2, -0.15) is 0 Å². The van der Waals surface area contributed by atoms with Crippen LogP contribution >= 0.6 is 0 Å². The third kappa shape index (κ3) is 3.61. The molecule has 1 unspecified atom stereocenters. The second-order valence-electron chi connectivity index (χ2n) is 7.92. The van der Waals surface area contributed by atoms with E-state index in [1.54, 1.807) is 19.3 Å². The van der Waals surface area contributed by atoms with Gasteiger partial charge in [0.05, 0.1) is 18.1 Å². The molecule has 1 amide bonds. The lowest BCUT2D eigenvalue weighted by atomic mass is 9.79. The Kier molecular flexibility index (Phi) is 5.70. The van der Waals surface area contributed by atoms with E-state index in [1.165, 1.54) is 12.1 Å². The third-order valence-electron chi connectivity index (χ3n) is 5.72. The van der Waals surface area contributed by atoms with Crippen molar-refractivity contribution in [3.8, 4) is 11.1 Å². The molecular formula is C22H28FN3O2. The Balaban J connectivity index is 2.19. The van der Waals surface area contributed by atoms with Gasteiger partial charge in [0.2, 0.25) is 5.91 Å². The zero-order valence-corrected chi connectivity index (χ0v) is 16.9. The number of nitrogens with zero attached hydrogens (tertiary/aromatic N) is 2. The summed E-state index contributed by atoms with van der Waals surface area (Å²) in [5.74, 6) is 0.367. The van der Waals surface area contributed by atoms with Gasteiger partial charge < -0.3 is 15.3 Å². The van der Waals surface area contributed by atoms with E-state index in [2.05, 4.69) is 15.2 Å². The van der Waals surface area contributed by atoms with Gasteiger partial charge in [-0.25, -0.2) is 9.37 Å². The number of carbonyl (C=O) groups is 1. The smallest absolute Gasteiger partial charge is 0.229 e. The molecule has 1 aromatic heterocycles. The minimum atomic E-state index is -0.808. The Morgan fingerprint density at radius 2 is 2.11 bits per heavy atom. The topological polar surface area (TPSA) is 65.5 Å². The van der Waals surface area contributed by atoms with E-state index in [-0.39, 0.29) is 24.4 Å². The van der Waals surface area contributed by atoms with Crippen molar-refractivity contribution in [1.82, 2.24) is 10.3 Å². The Morgan fingerprint density at radius 3 is 2.75 bits per heavy atom. The van der Waals surface area contributed by atoms with Crippen molar-refractivity contribution in [2.75, 3.05) is 25.1 Å². The summed E-state index contributed by atoms with van der Waals surface area (Å²) in [5, 5.41) is 12.4. The third-order valence-corrected chi connectivity index (χ3v) is 5.72. The number of hydrogen-bond donors (Lipinski definition) is 2. The Hall–Kier alpha value is -2.47. The standard InChI is InChI=1S/C22H28FN3O2/c1-14-10-15(23)7-8-17(14)18-11-20(26-9-5-6-16(26)13-27)25-12-19(18)22(2,3)21(28)24-4/h7-8,10-12,16,27H,5-6,9,13H2,1-4H3,(H,24,28). The molecule has 0 spiro atoms. The van der Waals surface area contributed by atoms with Crippen molar-refractivity contribution >= 4 is 11.7 Å². The monoisotopic (exact) mass is 385 g/mol. The van der Waals surface area contributed by atoms with Crippen LogP contribution in [0.1, 0.15) is 37.8 Å². The summed E-state index contributed by atoms with van der Waals surface area (Å²) >= 11 is 0. The highest BCUT2D eigenvalue weighted by Gasteiger charge is 2.33. The first-order valence-corrected chi connectivity index (χ1v) is 9.66. The van der Waals surface area contributed by atoms with Crippen LogP contribution < -0.4 is 10.2 Å². The molecule has 1 fully saturated rings. The van der Waals surface area contributed by atoms with Crippen molar-refractivity contribution in [3.63, 3.8) is 0 Å². The molecular weight excluding hydrogens is 357 g/mol. The van der Waals surface area contributed by atoms with Gasteiger partial charge in [-0.1, -0.05) is 6.07 Å². The second kappa shape index (κ2) is 7.87. The van der Waals surface area contributed by atoms with Crippen LogP contribution in [-0.4, -0.2) is 42.2 Å². The molecule has 0 radical (unpaired) electrons. The zero-order chi connectivity index (χ0) is 20.5. The lowest BCUT2D eigenvalue weighted by Gasteiger charge is -2.29. The molecule has 1 aliphatic rings. The van der Waals surface area contributed by atoms with E-state index in [4.69, 9.17) is 0 Å². The quantitative estimate of drug-likeness (QED) is 0.830. The summed E-state index contributed by atoms with van der Waals surface area (Å²) in [5.41, 5.74) is 2.51. The lowest BCUT2D eigenvalue weighted by Crippen LogP contribution is -2.39. The average Bonchev–Trinajstić information content (AvgIpc) is 3.15. The molecule has 1 aromatic carbocycles. The highest BCUT2D eigenvalue weighted by molar-refractivity contribution is 5.90. The largest absolute Gasteiger partial charge is 0.394 e. The highest BCUT2D eigenvalue weighted by atomic mass is 19.1. The van der Waals surface area contributed by atoms with E-state index >= 15 is 0 Å². The van der Waals surface area contributed by atoms with Gasteiger partial charge in [-0.3, -0.25) is 4.79 Å². The van der Waals surface area contributed by atoms with Gasteiger partial charge >= 0.3 is 0 Å². The number of amides is 1. The van der Waals surface area contributed by atoms with Gasteiger partial charge in [-0.15, -0.1) is 0 Å². The Morgan fingerprint density at radius 1 is 1.36 bits per heavy atom. The van der Waals surface area contributed by atoms with Crippen LogP contribution in [0.5, 0.6) is 0 Å². The predicted molar refractivity (Wildman–Crippen MR) is 109 cm³/mol. The molecule has 2 aromatic rings. The van der Waals surface area contributed by atoms with Crippen molar-refractivity contribution in [2.24, 2.45) is 0 Å². The molecule has 1 saturated heterocycles. The van der Waals surface area contributed by atoms with E-state index in [1.807, 2.05) is 26.8 Å². The number of aryl methyl sites for hydroxylation is 1. The summed E-state index contributed by atoms with van der Waals surface area (Å²) in [4.78, 5) is 19.3. The van der Waals surface area contributed by atoms with Crippen LogP contribution in [0, 0.1) is 12.7 Å². The van der Waals surface area contributed by atoms with Crippen LogP contribution in [0.3, 0.4) is 0 Å². The van der Waals surface area contributed by atoms with Crippen LogP contribution in [-0.2, 0) is 10.2 Å². The van der Waals surface area contributed by atoms with Gasteiger partial charge in [-0.05, 0) is 74.1 Å². The SMILES string of the molecule is CNC(=O)C(C)(C)c1cnc(N2CCCC2CO)cc1-c1ccc(F)cc1C. The van der Waals surface area contributed by atoms with Gasteiger partial charge in [0, 0.05) is 19.8 Å². The number of aliphatic hydroxyl groups excluding tert-OH is 1. The Bertz CT molecular complexity index is 882. The van der Waals surface area contributed by atoms with Crippen molar-refractivity contribution < 1.29 is 14.3 Å². The minimum Gasteiger partial charge on any atom is -0.394 e. The molecule has 0 bridgehead atoms. The number of carbonyl (C=O) groups excluding carboxylic acids is 1. The fourth-order valence-corrected chi connectivity index (χ4v) is 4.01. The van der Waals surface area contributed by atoms with Gasteiger partial charge in [0.25, 0.3) is 0 Å². The summed E-state index contributed by atoms with van der Waals surface area (Å²) in [7, 11) is 1.62. The average molecular weight is 385 g/mol. The zero-order valence-electron chi connectivity index (χ0n) is 16.9. The van der Waals surface area contributed by atoms with Crippen LogP contribution in [0.2, 0.25) is 0 Å². The highest BCUT2D eigenvalue weighted by Crippen LogP contribution is 2.37. The lowest BCUT2D eigenvalue weighted by molar-refractivity contribution is -0.125. The normalized spacial score (nSPS) is 17.1. The summed E-state index contributed by atoms with van der Waals surface area (Å²) in [6, 6.07) is 6.70.